The van der Waals surface area contributed by atoms with E-state index in [-0.39, 0.29) is 17.8 Å². The quantitative estimate of drug-likeness (QED) is 0.693. The first-order chi connectivity index (χ1) is 7.53. The van der Waals surface area contributed by atoms with Gasteiger partial charge in [0, 0.05) is 13.7 Å². The lowest BCUT2D eigenvalue weighted by atomic mass is 10.0. The van der Waals surface area contributed by atoms with Crippen molar-refractivity contribution < 1.29 is 13.2 Å². The van der Waals surface area contributed by atoms with E-state index in [9.17, 15) is 8.42 Å². The van der Waals surface area contributed by atoms with Crippen molar-refractivity contribution in [3.05, 3.63) is 0 Å². The molecule has 5 nitrogen and oxygen atoms in total. The highest BCUT2D eigenvalue weighted by Gasteiger charge is 2.21. The third kappa shape index (κ3) is 5.25. The van der Waals surface area contributed by atoms with Crippen LogP contribution in [-0.2, 0) is 14.8 Å². The van der Waals surface area contributed by atoms with Gasteiger partial charge >= 0.3 is 0 Å². The number of nitrogens with one attached hydrogen (secondary N) is 2. The average molecular weight is 250 g/mol. The normalized spacial score (nSPS) is 20.9. The third-order valence-corrected chi connectivity index (χ3v) is 4.42. The first-order valence-electron chi connectivity index (χ1n) is 5.74. The lowest BCUT2D eigenvalue weighted by Gasteiger charge is -2.22. The molecule has 0 bridgehead atoms. The Morgan fingerprint density at radius 3 is 2.62 bits per heavy atom. The number of hydrogen-bond acceptors (Lipinski definition) is 4. The Kier molecular flexibility index (Phi) is 5.68. The van der Waals surface area contributed by atoms with Gasteiger partial charge in [-0.2, -0.15) is 0 Å². The standard InChI is InChI=1S/C10H22N2O3S/c1-9(15-2)7-12-16(13,14)8-10-3-5-11-6-4-10/h9-12H,3-8H2,1-2H3. The summed E-state index contributed by atoms with van der Waals surface area (Å²) in [4.78, 5) is 0. The fraction of sp³-hybridized carbons (Fsp3) is 1.00. The molecule has 0 aliphatic carbocycles. The molecule has 1 aliphatic heterocycles. The summed E-state index contributed by atoms with van der Waals surface area (Å²) < 4.78 is 31.0. The van der Waals surface area contributed by atoms with Crippen LogP contribution in [0.1, 0.15) is 19.8 Å². The molecule has 0 spiro atoms. The van der Waals surface area contributed by atoms with E-state index in [1.54, 1.807) is 7.11 Å². The van der Waals surface area contributed by atoms with Gasteiger partial charge in [-0.25, -0.2) is 13.1 Å². The summed E-state index contributed by atoms with van der Waals surface area (Å²) in [5.74, 6) is 0.530. The second kappa shape index (κ2) is 6.54. The van der Waals surface area contributed by atoms with E-state index in [1.807, 2.05) is 6.92 Å². The van der Waals surface area contributed by atoms with E-state index in [4.69, 9.17) is 4.74 Å². The molecule has 0 saturated carbocycles. The van der Waals surface area contributed by atoms with E-state index in [2.05, 4.69) is 10.0 Å². The highest BCUT2D eigenvalue weighted by Crippen LogP contribution is 2.13. The predicted octanol–water partition coefficient (Wildman–Crippen LogP) is -0.0597. The zero-order chi connectivity index (χ0) is 12.0. The molecule has 1 aliphatic rings. The van der Waals surface area contributed by atoms with E-state index in [1.165, 1.54) is 0 Å². The Bertz CT molecular complexity index is 286. The molecule has 0 aromatic heterocycles. The average Bonchev–Trinajstić information content (AvgIpc) is 2.27. The number of rotatable bonds is 6. The van der Waals surface area contributed by atoms with Crippen LogP contribution in [0.25, 0.3) is 0 Å². The molecule has 1 atom stereocenters. The SMILES string of the molecule is COC(C)CNS(=O)(=O)CC1CCNCC1. The molecule has 1 unspecified atom stereocenters. The lowest BCUT2D eigenvalue weighted by Crippen LogP contribution is -2.38. The highest BCUT2D eigenvalue weighted by molar-refractivity contribution is 7.89. The van der Waals surface area contributed by atoms with E-state index in [0.29, 0.717) is 6.54 Å². The van der Waals surface area contributed by atoms with E-state index in [0.717, 1.165) is 25.9 Å². The minimum absolute atomic E-state index is 0.0807. The van der Waals surface area contributed by atoms with Gasteiger partial charge in [0.25, 0.3) is 0 Å². The van der Waals surface area contributed by atoms with Crippen LogP contribution in [0.15, 0.2) is 0 Å². The molecule has 16 heavy (non-hydrogen) atoms. The predicted molar refractivity (Wildman–Crippen MR) is 63.9 cm³/mol. The number of sulfonamides is 1. The lowest BCUT2D eigenvalue weighted by molar-refractivity contribution is 0.122. The minimum atomic E-state index is -3.14. The number of methoxy groups -OCH3 is 1. The molecular formula is C10H22N2O3S. The number of piperidine rings is 1. The van der Waals surface area contributed by atoms with Crippen molar-refractivity contribution >= 4 is 10.0 Å². The summed E-state index contributed by atoms with van der Waals surface area (Å²) in [6.07, 6.45) is 1.81. The van der Waals surface area contributed by atoms with Gasteiger partial charge in [0.05, 0.1) is 11.9 Å². The summed E-state index contributed by atoms with van der Waals surface area (Å²) in [6, 6.07) is 0. The van der Waals surface area contributed by atoms with E-state index < -0.39 is 10.0 Å². The first-order valence-corrected chi connectivity index (χ1v) is 7.39. The van der Waals surface area contributed by atoms with Crippen LogP contribution in [0, 0.1) is 5.92 Å². The van der Waals surface area contributed by atoms with Gasteiger partial charge in [0.1, 0.15) is 0 Å². The molecule has 1 saturated heterocycles. The molecule has 1 fully saturated rings. The molecule has 0 aromatic rings. The van der Waals surface area contributed by atoms with Crippen LogP contribution in [0.4, 0.5) is 0 Å². The first kappa shape index (κ1) is 13.9. The van der Waals surface area contributed by atoms with Gasteiger partial charge in [0.15, 0.2) is 0 Å². The van der Waals surface area contributed by atoms with Crippen molar-refractivity contribution in [1.82, 2.24) is 10.0 Å². The van der Waals surface area contributed by atoms with Crippen molar-refractivity contribution in [3.8, 4) is 0 Å². The molecule has 0 aromatic carbocycles. The Hall–Kier alpha value is -0.170. The van der Waals surface area contributed by atoms with Gasteiger partial charge in [-0.3, -0.25) is 0 Å². The van der Waals surface area contributed by atoms with Gasteiger partial charge < -0.3 is 10.1 Å². The topological polar surface area (TPSA) is 67.4 Å². The van der Waals surface area contributed by atoms with Crippen molar-refractivity contribution in [2.45, 2.75) is 25.9 Å². The Labute approximate surface area is 98.0 Å². The van der Waals surface area contributed by atoms with Crippen LogP contribution >= 0.6 is 0 Å². The Morgan fingerprint density at radius 2 is 2.06 bits per heavy atom. The maximum absolute atomic E-state index is 11.7. The monoisotopic (exact) mass is 250 g/mol. The van der Waals surface area contributed by atoms with Crippen molar-refractivity contribution in [2.24, 2.45) is 5.92 Å². The maximum atomic E-state index is 11.7. The fourth-order valence-corrected chi connectivity index (χ4v) is 3.31. The summed E-state index contributed by atoms with van der Waals surface area (Å²) in [5, 5.41) is 3.22. The largest absolute Gasteiger partial charge is 0.380 e. The highest BCUT2D eigenvalue weighted by atomic mass is 32.2. The zero-order valence-corrected chi connectivity index (χ0v) is 10.8. The molecule has 6 heteroatoms. The summed E-state index contributed by atoms with van der Waals surface area (Å²) in [5.41, 5.74) is 0. The molecule has 0 amide bonds. The van der Waals surface area contributed by atoms with Gasteiger partial charge in [0.2, 0.25) is 10.0 Å². The van der Waals surface area contributed by atoms with Crippen molar-refractivity contribution in [1.29, 1.82) is 0 Å². The molecular weight excluding hydrogens is 228 g/mol. The van der Waals surface area contributed by atoms with E-state index >= 15 is 0 Å². The summed E-state index contributed by atoms with van der Waals surface area (Å²) in [6.45, 7) is 4.04. The molecule has 2 N–H and O–H groups in total. The van der Waals surface area contributed by atoms with Crippen LogP contribution in [0.3, 0.4) is 0 Å². The van der Waals surface area contributed by atoms with Crippen molar-refractivity contribution in [2.75, 3.05) is 32.5 Å². The maximum Gasteiger partial charge on any atom is 0.211 e. The minimum Gasteiger partial charge on any atom is -0.380 e. The summed E-state index contributed by atoms with van der Waals surface area (Å²) >= 11 is 0. The third-order valence-electron chi connectivity index (χ3n) is 2.91. The molecule has 1 heterocycles. The molecule has 0 radical (unpaired) electrons. The van der Waals surface area contributed by atoms with Crippen LogP contribution < -0.4 is 10.0 Å². The number of hydrogen-bond donors (Lipinski definition) is 2. The summed E-state index contributed by atoms with van der Waals surface area (Å²) in [7, 11) is -1.57. The number of ether oxygens (including phenoxy) is 1. The zero-order valence-electron chi connectivity index (χ0n) is 10.0. The Morgan fingerprint density at radius 1 is 1.44 bits per heavy atom. The van der Waals surface area contributed by atoms with Crippen LogP contribution in [0.5, 0.6) is 0 Å². The van der Waals surface area contributed by atoms with Crippen molar-refractivity contribution in [3.63, 3.8) is 0 Å². The molecule has 96 valence electrons. The fourth-order valence-electron chi connectivity index (χ4n) is 1.75. The van der Waals surface area contributed by atoms with Crippen LogP contribution in [0.2, 0.25) is 0 Å². The molecule has 1 rings (SSSR count). The second-order valence-electron chi connectivity index (χ2n) is 4.37. The van der Waals surface area contributed by atoms with Crippen LogP contribution in [-0.4, -0.2) is 47.0 Å². The van der Waals surface area contributed by atoms with Gasteiger partial charge in [-0.05, 0) is 38.8 Å². The smallest absolute Gasteiger partial charge is 0.211 e. The van der Waals surface area contributed by atoms with Gasteiger partial charge in [-0.15, -0.1) is 0 Å². The van der Waals surface area contributed by atoms with Gasteiger partial charge in [-0.1, -0.05) is 0 Å². The Balaban J connectivity index is 2.32. The second-order valence-corrected chi connectivity index (χ2v) is 6.22.